The van der Waals surface area contributed by atoms with E-state index in [4.69, 9.17) is 19.8 Å². The molecule has 0 aromatic carbocycles. The van der Waals surface area contributed by atoms with Crippen molar-refractivity contribution < 1.29 is 29.0 Å². The van der Waals surface area contributed by atoms with Crippen LogP contribution in [0.25, 0.3) is 11.9 Å². The van der Waals surface area contributed by atoms with Gasteiger partial charge in [0.05, 0.1) is 42.5 Å². The summed E-state index contributed by atoms with van der Waals surface area (Å²) < 4.78 is 7.85. The number of carbonyl (C=O) groups excluding carboxylic acids is 3. The van der Waals surface area contributed by atoms with Gasteiger partial charge in [0.25, 0.3) is 11.9 Å². The average Bonchev–Trinajstić information content (AvgIpc) is 4.05. The van der Waals surface area contributed by atoms with Crippen molar-refractivity contribution in [2.75, 3.05) is 40.3 Å². The Morgan fingerprint density at radius 3 is 1.52 bits per heavy atom. The summed E-state index contributed by atoms with van der Waals surface area (Å²) in [5.74, 6) is 0.773. The highest BCUT2D eigenvalue weighted by atomic mass is 16.5. The van der Waals surface area contributed by atoms with Gasteiger partial charge in [-0.05, 0) is 45.4 Å². The van der Waals surface area contributed by atoms with Gasteiger partial charge in [0.2, 0.25) is 11.8 Å². The van der Waals surface area contributed by atoms with E-state index in [9.17, 15) is 19.2 Å². The Labute approximate surface area is 324 Å². The zero-order valence-corrected chi connectivity index (χ0v) is 32.4. The number of ether oxygens (including phenoxy) is 1. The summed E-state index contributed by atoms with van der Waals surface area (Å²) in [5.41, 5.74) is 1.79. The number of nitrogens with zero attached hydrogens (tertiary/aromatic N) is 12. The Morgan fingerprint density at radius 2 is 1.12 bits per heavy atom. The molecule has 56 heavy (non-hydrogen) atoms. The summed E-state index contributed by atoms with van der Waals surface area (Å²) in [5, 5.41) is 17.4. The molecule has 2 aliphatic heterocycles. The molecule has 0 spiro atoms. The van der Waals surface area contributed by atoms with Crippen LogP contribution in [-0.2, 0) is 14.3 Å². The summed E-state index contributed by atoms with van der Waals surface area (Å²) in [6, 6.07) is 0.0970. The highest BCUT2D eigenvalue weighted by molar-refractivity contribution is 6.05. The molecule has 0 saturated heterocycles. The van der Waals surface area contributed by atoms with Crippen molar-refractivity contribution >= 4 is 46.8 Å². The SMILES string of the molecule is CCOC(=O)c1cnn(-c2ncc3c(n2)N(C2CCCC2)[C@H](CC)C(=O)N3C)c1.CC[C@@H]1C(=O)N(C)c2cnc(-n3cc(C(=O)O)cn3)nc2N1C1CCCC1. The van der Waals surface area contributed by atoms with Crippen molar-refractivity contribution in [1.82, 2.24) is 39.5 Å². The number of esters is 1. The van der Waals surface area contributed by atoms with Crippen LogP contribution in [0.1, 0.15) is 106 Å². The largest absolute Gasteiger partial charge is 0.478 e. The number of carbonyl (C=O) groups is 4. The molecule has 2 atom stereocenters. The summed E-state index contributed by atoms with van der Waals surface area (Å²) in [7, 11) is 3.51. The van der Waals surface area contributed by atoms with Gasteiger partial charge in [-0.15, -0.1) is 0 Å². The number of fused-ring (bicyclic) bond motifs is 2. The smallest absolute Gasteiger partial charge is 0.341 e. The lowest BCUT2D eigenvalue weighted by atomic mass is 10.0. The fraction of sp³-hybridized carbons (Fsp3) is 0.526. The quantitative estimate of drug-likeness (QED) is 0.238. The van der Waals surface area contributed by atoms with Gasteiger partial charge in [-0.25, -0.2) is 28.9 Å². The molecule has 2 fully saturated rings. The number of hydrogen-bond acceptors (Lipinski definition) is 13. The van der Waals surface area contributed by atoms with E-state index in [2.05, 4.69) is 30.0 Å². The zero-order valence-electron chi connectivity index (χ0n) is 32.4. The number of anilines is 4. The first-order valence-electron chi connectivity index (χ1n) is 19.4. The highest BCUT2D eigenvalue weighted by Crippen LogP contribution is 2.41. The molecule has 4 aliphatic rings. The monoisotopic (exact) mass is 768 g/mol. The van der Waals surface area contributed by atoms with Crippen molar-refractivity contribution in [3.8, 4) is 11.9 Å². The maximum absolute atomic E-state index is 12.9. The van der Waals surface area contributed by atoms with Crippen molar-refractivity contribution in [3.05, 3.63) is 48.3 Å². The van der Waals surface area contributed by atoms with E-state index < -0.39 is 11.9 Å². The fourth-order valence-electron chi connectivity index (χ4n) is 8.26. The van der Waals surface area contributed by atoms with Gasteiger partial charge in [0.15, 0.2) is 11.6 Å². The standard InChI is InChI=1S/C20H26N6O3.C18H22N6O3/c1-4-15-18(27)24(3)16-11-21-20(23-17(16)26(15)14-8-6-7-9-14)25-12-13(10-22-25)19(28)29-5-2;1-3-13-16(25)22(2)14-9-19-18(23-10-11(8-20-23)17(26)27)21-15(14)24(13)12-6-4-5-7-12/h10-12,14-15H,4-9H2,1-3H3;8-10,12-13H,3-7H2,1-2H3,(H,26,27)/t15-;13-/m11/s1. The lowest BCUT2D eigenvalue weighted by Crippen LogP contribution is -2.55. The van der Waals surface area contributed by atoms with E-state index >= 15 is 0 Å². The van der Waals surface area contributed by atoms with Crippen molar-refractivity contribution in [2.45, 2.75) is 109 Å². The molecule has 2 saturated carbocycles. The van der Waals surface area contributed by atoms with Crippen LogP contribution < -0.4 is 19.6 Å². The molecule has 296 valence electrons. The molecule has 4 aromatic rings. The van der Waals surface area contributed by atoms with Crippen LogP contribution in [0.4, 0.5) is 23.0 Å². The molecular formula is C38H48N12O6. The van der Waals surface area contributed by atoms with Gasteiger partial charge in [-0.3, -0.25) is 9.59 Å². The lowest BCUT2D eigenvalue weighted by Gasteiger charge is -2.43. The molecule has 1 N–H and O–H groups in total. The molecule has 18 nitrogen and oxygen atoms in total. The minimum absolute atomic E-state index is 0.0560. The molecule has 2 amide bonds. The van der Waals surface area contributed by atoms with Crippen LogP contribution in [0.5, 0.6) is 0 Å². The molecule has 6 heterocycles. The Balaban J connectivity index is 0.000000172. The zero-order chi connectivity index (χ0) is 39.7. The van der Waals surface area contributed by atoms with E-state index in [1.54, 1.807) is 49.4 Å². The first kappa shape index (κ1) is 38.3. The topological polar surface area (TPSA) is 198 Å². The van der Waals surface area contributed by atoms with Crippen LogP contribution in [0.3, 0.4) is 0 Å². The van der Waals surface area contributed by atoms with E-state index in [0.29, 0.717) is 60.1 Å². The second-order valence-electron chi connectivity index (χ2n) is 14.5. The molecular weight excluding hydrogens is 720 g/mol. The summed E-state index contributed by atoms with van der Waals surface area (Å²) in [6.07, 6.45) is 19.2. The fourth-order valence-corrected chi connectivity index (χ4v) is 8.26. The third-order valence-electron chi connectivity index (χ3n) is 11.1. The van der Waals surface area contributed by atoms with Gasteiger partial charge in [-0.2, -0.15) is 20.2 Å². The first-order chi connectivity index (χ1) is 27.1. The predicted molar refractivity (Wildman–Crippen MR) is 206 cm³/mol. The molecule has 18 heteroatoms. The van der Waals surface area contributed by atoms with Crippen molar-refractivity contribution in [1.29, 1.82) is 0 Å². The van der Waals surface area contributed by atoms with Gasteiger partial charge in [0.1, 0.15) is 23.5 Å². The Kier molecular flexibility index (Phi) is 11.0. The molecule has 0 unspecified atom stereocenters. The summed E-state index contributed by atoms with van der Waals surface area (Å²) in [4.78, 5) is 74.6. The average molecular weight is 769 g/mol. The molecule has 2 aliphatic carbocycles. The Hall–Kier alpha value is -5.94. The maximum Gasteiger partial charge on any atom is 0.341 e. The molecule has 8 rings (SSSR count). The third-order valence-corrected chi connectivity index (χ3v) is 11.1. The second-order valence-corrected chi connectivity index (χ2v) is 14.5. The van der Waals surface area contributed by atoms with Gasteiger partial charge in [0, 0.05) is 38.6 Å². The number of aromatic nitrogens is 8. The summed E-state index contributed by atoms with van der Waals surface area (Å²) in [6.45, 7) is 6.10. The van der Waals surface area contributed by atoms with Crippen LogP contribution in [0.15, 0.2) is 37.2 Å². The predicted octanol–water partition coefficient (Wildman–Crippen LogP) is 4.21. The number of carboxylic acid groups (broad SMARTS) is 1. The third kappa shape index (κ3) is 7.03. The van der Waals surface area contributed by atoms with E-state index in [1.807, 2.05) is 13.8 Å². The van der Waals surface area contributed by atoms with Crippen LogP contribution in [0, 0.1) is 0 Å². The normalized spacial score (nSPS) is 19.9. The summed E-state index contributed by atoms with van der Waals surface area (Å²) >= 11 is 0. The Morgan fingerprint density at radius 1 is 0.696 bits per heavy atom. The van der Waals surface area contributed by atoms with Gasteiger partial charge >= 0.3 is 11.9 Å². The minimum Gasteiger partial charge on any atom is -0.478 e. The maximum atomic E-state index is 12.9. The highest BCUT2D eigenvalue weighted by Gasteiger charge is 2.43. The Bertz CT molecular complexity index is 2110. The van der Waals surface area contributed by atoms with E-state index in [-0.39, 0.29) is 35.5 Å². The van der Waals surface area contributed by atoms with Gasteiger partial charge in [-0.1, -0.05) is 39.5 Å². The van der Waals surface area contributed by atoms with Crippen LogP contribution >= 0.6 is 0 Å². The van der Waals surface area contributed by atoms with Crippen molar-refractivity contribution in [2.24, 2.45) is 0 Å². The first-order valence-corrected chi connectivity index (χ1v) is 19.4. The number of carboxylic acids is 1. The minimum atomic E-state index is -1.05. The van der Waals surface area contributed by atoms with Crippen molar-refractivity contribution in [3.63, 3.8) is 0 Å². The lowest BCUT2D eigenvalue weighted by molar-refractivity contribution is -0.120. The number of likely N-dealkylation sites (N-methyl/N-ethyl adjacent to an activating group) is 2. The van der Waals surface area contributed by atoms with Crippen LogP contribution in [-0.4, -0.2) is 113 Å². The van der Waals surface area contributed by atoms with E-state index in [1.165, 1.54) is 28.0 Å². The number of aromatic carboxylic acids is 1. The number of amides is 2. The van der Waals surface area contributed by atoms with E-state index in [0.717, 1.165) is 57.2 Å². The molecule has 0 bridgehead atoms. The molecule has 4 aromatic heterocycles. The number of rotatable bonds is 9. The second kappa shape index (κ2) is 16.0. The van der Waals surface area contributed by atoms with Crippen LogP contribution in [0.2, 0.25) is 0 Å². The van der Waals surface area contributed by atoms with Gasteiger partial charge < -0.3 is 29.4 Å². The number of hydrogen-bond donors (Lipinski definition) is 1. The molecule has 0 radical (unpaired) electrons.